The van der Waals surface area contributed by atoms with Crippen LogP contribution in [-0.4, -0.2) is 59.4 Å². The van der Waals surface area contributed by atoms with Crippen molar-refractivity contribution in [1.29, 1.82) is 0 Å². The second-order valence-corrected chi connectivity index (χ2v) is 14.0. The van der Waals surface area contributed by atoms with Crippen molar-refractivity contribution < 1.29 is 23.4 Å². The lowest BCUT2D eigenvalue weighted by Crippen LogP contribution is -2.31. The van der Waals surface area contributed by atoms with Crippen molar-refractivity contribution in [1.82, 2.24) is 14.5 Å². The topological polar surface area (TPSA) is 114 Å². The monoisotopic (exact) mass is 599 g/mol. The zero-order valence-corrected chi connectivity index (χ0v) is 27.0. The van der Waals surface area contributed by atoms with E-state index >= 15 is 0 Å². The number of rotatable bonds is 26. The van der Waals surface area contributed by atoms with E-state index in [1.165, 1.54) is 81.3 Å². The maximum Gasteiger partial charge on any atom is 0.243 e. The molecule has 8 nitrogen and oxygen atoms in total. The smallest absolute Gasteiger partial charge is 0.243 e. The van der Waals surface area contributed by atoms with Gasteiger partial charge in [0.25, 0.3) is 0 Å². The molecule has 3 N–H and O–H groups in total. The fourth-order valence-corrected chi connectivity index (χ4v) is 6.89. The molecule has 2 heterocycles. The summed E-state index contributed by atoms with van der Waals surface area (Å²) in [7, 11) is -1.75. The van der Waals surface area contributed by atoms with Gasteiger partial charge < -0.3 is 14.9 Å². The van der Waals surface area contributed by atoms with Crippen LogP contribution in [0.25, 0.3) is 0 Å². The molecule has 0 spiro atoms. The molecule has 0 saturated carbocycles. The van der Waals surface area contributed by atoms with Crippen LogP contribution in [0.15, 0.2) is 17.3 Å². The molecule has 2 rings (SSSR count). The SMILES string of the molecule is CCCCCCCCCCCC[C@@H](O)[C@H]1CC[C@H]([C@H](O)CCCCCCCCCCNS(=O)(=O)c2cnn(C)c2)O1. The van der Waals surface area contributed by atoms with Gasteiger partial charge in [-0.1, -0.05) is 116 Å². The number of hydrogen-bond donors (Lipinski definition) is 3. The molecule has 0 aliphatic carbocycles. The molecule has 240 valence electrons. The van der Waals surface area contributed by atoms with E-state index in [4.69, 9.17) is 4.74 Å². The Labute approximate surface area is 251 Å². The molecular weight excluding hydrogens is 538 g/mol. The molecule has 1 fully saturated rings. The molecule has 1 aromatic rings. The van der Waals surface area contributed by atoms with Crippen molar-refractivity contribution >= 4 is 10.0 Å². The summed E-state index contributed by atoms with van der Waals surface area (Å²) in [5, 5.41) is 25.1. The molecule has 0 aromatic carbocycles. The van der Waals surface area contributed by atoms with Gasteiger partial charge in [-0.3, -0.25) is 4.68 Å². The number of aryl methyl sites for hydroxylation is 1. The van der Waals surface area contributed by atoms with Crippen molar-refractivity contribution in [3.05, 3.63) is 12.4 Å². The summed E-state index contributed by atoms with van der Waals surface area (Å²) in [6.45, 7) is 2.71. The van der Waals surface area contributed by atoms with Gasteiger partial charge >= 0.3 is 0 Å². The lowest BCUT2D eigenvalue weighted by Gasteiger charge is -2.22. The fraction of sp³-hybridized carbons (Fsp3) is 0.906. The second-order valence-electron chi connectivity index (χ2n) is 12.3. The van der Waals surface area contributed by atoms with E-state index in [0.717, 1.165) is 77.0 Å². The molecule has 0 bridgehead atoms. The first-order valence-electron chi connectivity index (χ1n) is 16.8. The third-order valence-corrected chi connectivity index (χ3v) is 9.92. The van der Waals surface area contributed by atoms with Gasteiger partial charge in [-0.2, -0.15) is 5.10 Å². The number of aliphatic hydroxyl groups excluding tert-OH is 2. The summed E-state index contributed by atoms with van der Waals surface area (Å²) in [5.41, 5.74) is 0. The Morgan fingerprint density at radius 1 is 0.805 bits per heavy atom. The standard InChI is InChI=1S/C32H61N3O5S/c1-3-4-5-6-7-8-9-12-15-18-21-29(36)31-23-24-32(40-31)30(37)22-19-16-13-10-11-14-17-20-25-34-41(38,39)28-26-33-35(2)27-28/h26-27,29-32,34,36-37H,3-25H2,1-2H3/t29-,30-,31-,32-/m1/s1. The maximum absolute atomic E-state index is 12.2. The average molecular weight is 600 g/mol. The average Bonchev–Trinajstić information content (AvgIpc) is 3.63. The van der Waals surface area contributed by atoms with Crippen LogP contribution in [0.4, 0.5) is 0 Å². The number of unbranched alkanes of at least 4 members (excludes halogenated alkanes) is 16. The molecular formula is C32H61N3O5S. The zero-order chi connectivity index (χ0) is 29.8. The van der Waals surface area contributed by atoms with E-state index in [-0.39, 0.29) is 17.1 Å². The van der Waals surface area contributed by atoms with E-state index in [9.17, 15) is 18.6 Å². The Morgan fingerprint density at radius 2 is 1.24 bits per heavy atom. The Balaban J connectivity index is 1.38. The summed E-state index contributed by atoms with van der Waals surface area (Å²) in [6, 6.07) is 0. The number of aliphatic hydroxyl groups is 2. The minimum absolute atomic E-state index is 0.112. The summed E-state index contributed by atoms with van der Waals surface area (Å²) in [6.07, 6.45) is 26.6. The van der Waals surface area contributed by atoms with E-state index < -0.39 is 22.2 Å². The summed E-state index contributed by atoms with van der Waals surface area (Å²) < 4.78 is 34.5. The quantitative estimate of drug-likeness (QED) is 0.101. The molecule has 1 aromatic heterocycles. The van der Waals surface area contributed by atoms with Gasteiger partial charge in [-0.25, -0.2) is 13.1 Å². The highest BCUT2D eigenvalue weighted by Crippen LogP contribution is 2.28. The highest BCUT2D eigenvalue weighted by molar-refractivity contribution is 7.89. The van der Waals surface area contributed by atoms with Gasteiger partial charge in [0.1, 0.15) is 4.90 Å². The van der Waals surface area contributed by atoms with Gasteiger partial charge in [0, 0.05) is 19.8 Å². The van der Waals surface area contributed by atoms with Crippen LogP contribution >= 0.6 is 0 Å². The van der Waals surface area contributed by atoms with E-state index in [2.05, 4.69) is 16.7 Å². The number of ether oxygens (including phenoxy) is 1. The van der Waals surface area contributed by atoms with Gasteiger partial charge in [0.15, 0.2) is 0 Å². The second kappa shape index (κ2) is 21.7. The van der Waals surface area contributed by atoms with Crippen molar-refractivity contribution in [2.75, 3.05) is 6.54 Å². The van der Waals surface area contributed by atoms with Crippen molar-refractivity contribution in [3.63, 3.8) is 0 Å². The molecule has 4 atom stereocenters. The first-order chi connectivity index (χ1) is 19.8. The minimum Gasteiger partial charge on any atom is -0.390 e. The largest absolute Gasteiger partial charge is 0.390 e. The predicted molar refractivity (Wildman–Crippen MR) is 166 cm³/mol. The minimum atomic E-state index is -3.45. The van der Waals surface area contributed by atoms with Gasteiger partial charge in [-0.05, 0) is 32.1 Å². The Hall–Kier alpha value is -1.00. The molecule has 0 radical (unpaired) electrons. The molecule has 1 aliphatic heterocycles. The highest BCUT2D eigenvalue weighted by atomic mass is 32.2. The highest BCUT2D eigenvalue weighted by Gasteiger charge is 2.34. The number of nitrogens with zero attached hydrogens (tertiary/aromatic N) is 2. The third-order valence-electron chi connectivity index (χ3n) is 8.51. The lowest BCUT2D eigenvalue weighted by molar-refractivity contribution is -0.0786. The Bertz CT molecular complexity index is 878. The van der Waals surface area contributed by atoms with Crippen LogP contribution in [-0.2, 0) is 21.8 Å². The normalized spacial score (nSPS) is 19.1. The van der Waals surface area contributed by atoms with Crippen LogP contribution in [0.5, 0.6) is 0 Å². The van der Waals surface area contributed by atoms with Crippen LogP contribution in [0, 0.1) is 0 Å². The predicted octanol–water partition coefficient (Wildman–Crippen LogP) is 6.79. The molecule has 0 amide bonds. The maximum atomic E-state index is 12.2. The fourth-order valence-electron chi connectivity index (χ4n) is 5.83. The van der Waals surface area contributed by atoms with Crippen molar-refractivity contribution in [2.45, 2.75) is 177 Å². The van der Waals surface area contributed by atoms with E-state index in [0.29, 0.717) is 6.54 Å². The van der Waals surface area contributed by atoms with Crippen molar-refractivity contribution in [3.8, 4) is 0 Å². The van der Waals surface area contributed by atoms with Crippen LogP contribution in [0.2, 0.25) is 0 Å². The number of aromatic nitrogens is 2. The first kappa shape index (κ1) is 36.2. The summed E-state index contributed by atoms with van der Waals surface area (Å²) in [5.74, 6) is 0. The molecule has 0 unspecified atom stereocenters. The lowest BCUT2D eigenvalue weighted by atomic mass is 10.00. The van der Waals surface area contributed by atoms with Crippen molar-refractivity contribution in [2.24, 2.45) is 7.05 Å². The molecule has 41 heavy (non-hydrogen) atoms. The van der Waals surface area contributed by atoms with E-state index in [1.54, 1.807) is 7.05 Å². The number of nitrogens with one attached hydrogen (secondary N) is 1. The molecule has 9 heteroatoms. The Kier molecular flexibility index (Phi) is 19.1. The van der Waals surface area contributed by atoms with Crippen LogP contribution in [0.1, 0.15) is 148 Å². The van der Waals surface area contributed by atoms with Gasteiger partial charge in [0.2, 0.25) is 10.0 Å². The zero-order valence-electron chi connectivity index (χ0n) is 26.1. The van der Waals surface area contributed by atoms with Crippen LogP contribution in [0.3, 0.4) is 0 Å². The molecule has 1 saturated heterocycles. The number of hydrogen-bond acceptors (Lipinski definition) is 6. The summed E-state index contributed by atoms with van der Waals surface area (Å²) in [4.78, 5) is 0.210. The van der Waals surface area contributed by atoms with Gasteiger partial charge in [-0.15, -0.1) is 0 Å². The van der Waals surface area contributed by atoms with E-state index in [1.807, 2.05) is 0 Å². The molecule has 1 aliphatic rings. The summed E-state index contributed by atoms with van der Waals surface area (Å²) >= 11 is 0. The Morgan fingerprint density at radius 3 is 1.68 bits per heavy atom. The van der Waals surface area contributed by atoms with Crippen LogP contribution < -0.4 is 4.72 Å². The third kappa shape index (κ3) is 15.9. The number of sulfonamides is 1. The van der Waals surface area contributed by atoms with Gasteiger partial charge in [0.05, 0.1) is 30.6 Å². The first-order valence-corrected chi connectivity index (χ1v) is 18.3.